The second-order valence-electron chi connectivity index (χ2n) is 5.49. The Hall–Kier alpha value is -2.44. The van der Waals surface area contributed by atoms with Gasteiger partial charge in [0.05, 0.1) is 13.0 Å². The van der Waals surface area contributed by atoms with Crippen LogP contribution in [0, 0.1) is 5.82 Å². The summed E-state index contributed by atoms with van der Waals surface area (Å²) in [5, 5.41) is 2.52. The number of hydrogen-bond acceptors (Lipinski definition) is 3. The zero-order valence-corrected chi connectivity index (χ0v) is 13.2. The predicted molar refractivity (Wildman–Crippen MR) is 81.9 cm³/mol. The molecule has 3 amide bonds. The zero-order chi connectivity index (χ0) is 17.0. The molecule has 1 atom stereocenters. The Bertz CT molecular complexity index is 603. The molecule has 1 aliphatic heterocycles. The van der Waals surface area contributed by atoms with Gasteiger partial charge in [0.1, 0.15) is 11.9 Å². The van der Waals surface area contributed by atoms with Crippen molar-refractivity contribution in [1.82, 2.24) is 15.1 Å². The van der Waals surface area contributed by atoms with Crippen molar-refractivity contribution < 1.29 is 18.8 Å². The molecule has 7 heteroatoms. The molecule has 1 saturated heterocycles. The molecule has 1 fully saturated rings. The standard InChI is InChI=1S/C16H20FN3O3/c1-11(21)20-8-7-19(10-14(20)16(23)18-2)15(22)9-12-3-5-13(17)6-4-12/h3-6,14H,7-10H2,1-2H3,(H,18,23). The Morgan fingerprint density at radius 1 is 1.22 bits per heavy atom. The summed E-state index contributed by atoms with van der Waals surface area (Å²) in [6, 6.07) is 5.07. The lowest BCUT2D eigenvalue weighted by atomic mass is 10.1. The number of nitrogens with one attached hydrogen (secondary N) is 1. The SMILES string of the molecule is CNC(=O)C1CN(C(=O)Cc2ccc(F)cc2)CCN1C(C)=O. The molecule has 0 aromatic heterocycles. The van der Waals surface area contributed by atoms with Crippen molar-refractivity contribution >= 4 is 17.7 Å². The van der Waals surface area contributed by atoms with Gasteiger partial charge < -0.3 is 15.1 Å². The van der Waals surface area contributed by atoms with Crippen LogP contribution in [0.2, 0.25) is 0 Å². The monoisotopic (exact) mass is 321 g/mol. The molecule has 0 bridgehead atoms. The number of carbonyl (C=O) groups is 3. The summed E-state index contributed by atoms with van der Waals surface area (Å²) < 4.78 is 12.9. The fourth-order valence-electron chi connectivity index (χ4n) is 2.67. The van der Waals surface area contributed by atoms with Gasteiger partial charge in [-0.2, -0.15) is 0 Å². The molecule has 1 N–H and O–H groups in total. The first-order valence-electron chi connectivity index (χ1n) is 7.43. The first kappa shape index (κ1) is 16.9. The topological polar surface area (TPSA) is 69.7 Å². The summed E-state index contributed by atoms with van der Waals surface area (Å²) in [7, 11) is 1.50. The molecule has 0 radical (unpaired) electrons. The number of nitrogens with zero attached hydrogens (tertiary/aromatic N) is 2. The Morgan fingerprint density at radius 3 is 2.43 bits per heavy atom. The number of benzene rings is 1. The van der Waals surface area contributed by atoms with Gasteiger partial charge in [0.2, 0.25) is 17.7 Å². The summed E-state index contributed by atoms with van der Waals surface area (Å²) in [4.78, 5) is 39.0. The second kappa shape index (κ2) is 7.21. The van der Waals surface area contributed by atoms with E-state index in [9.17, 15) is 18.8 Å². The molecule has 1 heterocycles. The summed E-state index contributed by atoms with van der Waals surface area (Å²) in [5.74, 6) is -0.978. The predicted octanol–water partition coefficient (Wildman–Crippen LogP) is 0.174. The van der Waals surface area contributed by atoms with E-state index >= 15 is 0 Å². The third-order valence-corrected chi connectivity index (χ3v) is 3.96. The van der Waals surface area contributed by atoms with Gasteiger partial charge in [0.15, 0.2) is 0 Å². The summed E-state index contributed by atoms with van der Waals surface area (Å²) >= 11 is 0. The molecular weight excluding hydrogens is 301 g/mol. The lowest BCUT2D eigenvalue weighted by Gasteiger charge is -2.40. The van der Waals surface area contributed by atoms with Crippen molar-refractivity contribution in [3.63, 3.8) is 0 Å². The minimum absolute atomic E-state index is 0.140. The third-order valence-electron chi connectivity index (χ3n) is 3.96. The number of rotatable bonds is 3. The van der Waals surface area contributed by atoms with Crippen LogP contribution in [-0.2, 0) is 20.8 Å². The number of carbonyl (C=O) groups excluding carboxylic acids is 3. The van der Waals surface area contributed by atoms with E-state index in [-0.39, 0.29) is 36.5 Å². The quantitative estimate of drug-likeness (QED) is 0.863. The number of likely N-dealkylation sites (N-methyl/N-ethyl adjacent to an activating group) is 1. The van der Waals surface area contributed by atoms with E-state index < -0.39 is 6.04 Å². The first-order valence-corrected chi connectivity index (χ1v) is 7.43. The minimum Gasteiger partial charge on any atom is -0.357 e. The molecule has 6 nitrogen and oxygen atoms in total. The third kappa shape index (κ3) is 4.06. The van der Waals surface area contributed by atoms with Gasteiger partial charge in [-0.1, -0.05) is 12.1 Å². The number of hydrogen-bond donors (Lipinski definition) is 1. The van der Waals surface area contributed by atoms with Crippen molar-refractivity contribution in [3.05, 3.63) is 35.6 Å². The Balaban J connectivity index is 2.05. The van der Waals surface area contributed by atoms with Crippen molar-refractivity contribution in [3.8, 4) is 0 Å². The van der Waals surface area contributed by atoms with E-state index in [0.717, 1.165) is 0 Å². The molecule has 0 spiro atoms. The maximum absolute atomic E-state index is 12.9. The number of halogens is 1. The highest BCUT2D eigenvalue weighted by molar-refractivity contribution is 5.88. The fourth-order valence-corrected chi connectivity index (χ4v) is 2.67. The van der Waals surface area contributed by atoms with Crippen molar-refractivity contribution in [2.75, 3.05) is 26.7 Å². The van der Waals surface area contributed by atoms with Gasteiger partial charge in [0, 0.05) is 27.1 Å². The molecule has 2 rings (SSSR count). The van der Waals surface area contributed by atoms with Crippen LogP contribution in [-0.4, -0.2) is 60.2 Å². The zero-order valence-electron chi connectivity index (χ0n) is 13.2. The number of amides is 3. The van der Waals surface area contributed by atoms with Gasteiger partial charge in [0.25, 0.3) is 0 Å². The van der Waals surface area contributed by atoms with Crippen molar-refractivity contribution in [1.29, 1.82) is 0 Å². The largest absolute Gasteiger partial charge is 0.357 e. The Labute approximate surface area is 134 Å². The van der Waals surface area contributed by atoms with Crippen LogP contribution in [0.15, 0.2) is 24.3 Å². The molecule has 23 heavy (non-hydrogen) atoms. The summed E-state index contributed by atoms with van der Waals surface area (Å²) in [6.45, 7) is 2.28. The van der Waals surface area contributed by atoms with E-state index in [4.69, 9.17) is 0 Å². The highest BCUT2D eigenvalue weighted by Crippen LogP contribution is 2.13. The summed E-state index contributed by atoms with van der Waals surface area (Å²) in [6.07, 6.45) is 0.140. The highest BCUT2D eigenvalue weighted by atomic mass is 19.1. The van der Waals surface area contributed by atoms with Crippen LogP contribution in [0.25, 0.3) is 0 Å². The first-order chi connectivity index (χ1) is 10.9. The summed E-state index contributed by atoms with van der Waals surface area (Å²) in [5.41, 5.74) is 0.710. The van der Waals surface area contributed by atoms with Gasteiger partial charge in [-0.15, -0.1) is 0 Å². The van der Waals surface area contributed by atoms with Crippen LogP contribution in [0.1, 0.15) is 12.5 Å². The van der Waals surface area contributed by atoms with Crippen LogP contribution in [0.5, 0.6) is 0 Å². The molecular formula is C16H20FN3O3. The minimum atomic E-state index is -0.677. The molecule has 0 saturated carbocycles. The number of piperazine rings is 1. The van der Waals surface area contributed by atoms with Gasteiger partial charge in [-0.25, -0.2) is 4.39 Å². The molecule has 124 valence electrons. The van der Waals surface area contributed by atoms with Gasteiger partial charge >= 0.3 is 0 Å². The van der Waals surface area contributed by atoms with Gasteiger partial charge in [-0.3, -0.25) is 14.4 Å². The molecule has 1 aliphatic rings. The van der Waals surface area contributed by atoms with E-state index in [1.807, 2.05) is 0 Å². The van der Waals surface area contributed by atoms with Gasteiger partial charge in [-0.05, 0) is 17.7 Å². The van der Waals surface area contributed by atoms with E-state index in [1.54, 1.807) is 17.0 Å². The fraction of sp³-hybridized carbons (Fsp3) is 0.438. The van der Waals surface area contributed by atoms with Crippen molar-refractivity contribution in [2.45, 2.75) is 19.4 Å². The lowest BCUT2D eigenvalue weighted by Crippen LogP contribution is -2.61. The maximum Gasteiger partial charge on any atom is 0.244 e. The molecule has 0 aliphatic carbocycles. The molecule has 1 aromatic carbocycles. The van der Waals surface area contributed by atoms with Crippen LogP contribution in [0.3, 0.4) is 0 Å². The van der Waals surface area contributed by atoms with Crippen molar-refractivity contribution in [2.24, 2.45) is 0 Å². The van der Waals surface area contributed by atoms with E-state index in [0.29, 0.717) is 18.7 Å². The molecule has 1 unspecified atom stereocenters. The van der Waals surface area contributed by atoms with E-state index in [1.165, 1.54) is 31.0 Å². The Morgan fingerprint density at radius 2 is 1.87 bits per heavy atom. The average molecular weight is 321 g/mol. The smallest absolute Gasteiger partial charge is 0.244 e. The molecule has 1 aromatic rings. The maximum atomic E-state index is 12.9. The second-order valence-corrected chi connectivity index (χ2v) is 5.49. The van der Waals surface area contributed by atoms with Crippen LogP contribution >= 0.6 is 0 Å². The Kier molecular flexibility index (Phi) is 5.31. The average Bonchev–Trinajstić information content (AvgIpc) is 2.55. The highest BCUT2D eigenvalue weighted by Gasteiger charge is 2.35. The lowest BCUT2D eigenvalue weighted by molar-refractivity contribution is -0.146. The van der Waals surface area contributed by atoms with E-state index in [2.05, 4.69) is 5.32 Å². The van der Waals surface area contributed by atoms with Crippen LogP contribution in [0.4, 0.5) is 4.39 Å². The normalized spacial score (nSPS) is 17.8. The van der Waals surface area contributed by atoms with Crippen LogP contribution < -0.4 is 5.32 Å².